The molecule has 19 heavy (non-hydrogen) atoms. The standard InChI is InChI=1S/C9H7F6NO3/c10-8(11,12)4-2-1-3(6(17)18)16(5(2)4)7(19)9(13,14)15/h2-5H,1H2,(H,17,18)/t2-,3-,4+,5-/m0/s1. The Morgan fingerprint density at radius 2 is 1.63 bits per heavy atom. The van der Waals surface area contributed by atoms with Crippen LogP contribution in [0.5, 0.6) is 0 Å². The molecular formula is C9H7F6NO3. The molecule has 10 heteroatoms. The molecule has 2 fully saturated rings. The molecule has 1 saturated carbocycles. The minimum absolute atomic E-state index is 0.175. The van der Waals surface area contributed by atoms with Crippen molar-refractivity contribution in [3.05, 3.63) is 0 Å². The van der Waals surface area contributed by atoms with Crippen LogP contribution in [0.4, 0.5) is 26.3 Å². The second kappa shape index (κ2) is 3.76. The summed E-state index contributed by atoms with van der Waals surface area (Å²) >= 11 is 0. The highest BCUT2D eigenvalue weighted by Crippen LogP contribution is 2.60. The summed E-state index contributed by atoms with van der Waals surface area (Å²) in [6.45, 7) is 0. The lowest BCUT2D eigenvalue weighted by atomic mass is 10.1. The largest absolute Gasteiger partial charge is 0.480 e. The minimum Gasteiger partial charge on any atom is -0.480 e. The lowest BCUT2D eigenvalue weighted by Gasteiger charge is -2.27. The van der Waals surface area contributed by atoms with Crippen LogP contribution in [0.3, 0.4) is 0 Å². The van der Waals surface area contributed by atoms with E-state index in [2.05, 4.69) is 0 Å². The topological polar surface area (TPSA) is 57.6 Å². The quantitative estimate of drug-likeness (QED) is 0.743. The number of aliphatic carboxylic acids is 1. The lowest BCUT2D eigenvalue weighted by molar-refractivity contribution is -0.194. The fourth-order valence-electron chi connectivity index (χ4n) is 2.68. The molecule has 4 atom stereocenters. The van der Waals surface area contributed by atoms with Gasteiger partial charge in [0.1, 0.15) is 6.04 Å². The van der Waals surface area contributed by atoms with Crippen LogP contribution in [0.15, 0.2) is 0 Å². The molecule has 1 aliphatic carbocycles. The summed E-state index contributed by atoms with van der Waals surface area (Å²) in [4.78, 5) is 21.6. The van der Waals surface area contributed by atoms with Crippen molar-refractivity contribution >= 4 is 11.9 Å². The third-order valence-corrected chi connectivity index (χ3v) is 3.42. The number of halogens is 6. The van der Waals surface area contributed by atoms with Crippen LogP contribution in [0.2, 0.25) is 0 Å². The minimum atomic E-state index is -5.39. The van der Waals surface area contributed by atoms with Gasteiger partial charge in [0.05, 0.1) is 5.92 Å². The number of hydrogen-bond acceptors (Lipinski definition) is 2. The Hall–Kier alpha value is -1.48. The van der Waals surface area contributed by atoms with Gasteiger partial charge in [0.25, 0.3) is 0 Å². The molecule has 0 aromatic heterocycles. The Morgan fingerprint density at radius 1 is 1.11 bits per heavy atom. The summed E-state index contributed by atoms with van der Waals surface area (Å²) in [5, 5.41) is 8.68. The first-order valence-corrected chi connectivity index (χ1v) is 5.15. The number of fused-ring (bicyclic) bond motifs is 1. The van der Waals surface area contributed by atoms with Gasteiger partial charge < -0.3 is 10.0 Å². The molecule has 2 aliphatic rings. The van der Waals surface area contributed by atoms with E-state index in [1.807, 2.05) is 0 Å². The Balaban J connectivity index is 2.26. The lowest BCUT2D eigenvalue weighted by Crippen LogP contribution is -2.50. The molecular weight excluding hydrogens is 284 g/mol. The number of carboxylic acid groups (broad SMARTS) is 1. The van der Waals surface area contributed by atoms with Gasteiger partial charge in [-0.25, -0.2) is 4.79 Å². The van der Waals surface area contributed by atoms with Gasteiger partial charge in [-0.15, -0.1) is 0 Å². The third kappa shape index (κ3) is 2.12. The number of hydrogen-bond donors (Lipinski definition) is 1. The molecule has 1 heterocycles. The summed E-state index contributed by atoms with van der Waals surface area (Å²) in [5.41, 5.74) is 0. The van der Waals surface area contributed by atoms with E-state index in [0.29, 0.717) is 0 Å². The van der Waals surface area contributed by atoms with E-state index in [4.69, 9.17) is 5.11 Å². The van der Waals surface area contributed by atoms with Crippen molar-refractivity contribution in [3.8, 4) is 0 Å². The Morgan fingerprint density at radius 3 is 2.00 bits per heavy atom. The van der Waals surface area contributed by atoms with Crippen molar-refractivity contribution in [1.29, 1.82) is 0 Å². The fourth-order valence-corrected chi connectivity index (χ4v) is 2.68. The molecule has 108 valence electrons. The number of likely N-dealkylation sites (tertiary alicyclic amines) is 1. The first kappa shape index (κ1) is 13.9. The Kier molecular flexibility index (Phi) is 2.76. The zero-order valence-corrected chi connectivity index (χ0v) is 9.00. The zero-order valence-electron chi connectivity index (χ0n) is 9.00. The maximum Gasteiger partial charge on any atom is 0.471 e. The van der Waals surface area contributed by atoms with Crippen LogP contribution in [0.1, 0.15) is 6.42 Å². The molecule has 0 radical (unpaired) electrons. The van der Waals surface area contributed by atoms with Gasteiger partial charge in [-0.3, -0.25) is 4.79 Å². The van der Waals surface area contributed by atoms with Gasteiger partial charge in [-0.2, -0.15) is 26.3 Å². The second-order valence-electron chi connectivity index (χ2n) is 4.52. The number of alkyl halides is 6. The summed E-state index contributed by atoms with van der Waals surface area (Å²) in [6.07, 6.45) is -10.7. The second-order valence-corrected chi connectivity index (χ2v) is 4.52. The first-order valence-electron chi connectivity index (χ1n) is 5.15. The van der Waals surface area contributed by atoms with Crippen molar-refractivity contribution in [3.63, 3.8) is 0 Å². The van der Waals surface area contributed by atoms with Crippen LogP contribution in [0.25, 0.3) is 0 Å². The predicted molar refractivity (Wildman–Crippen MR) is 45.8 cm³/mol. The smallest absolute Gasteiger partial charge is 0.471 e. The highest BCUT2D eigenvalue weighted by atomic mass is 19.4. The van der Waals surface area contributed by atoms with Crippen molar-refractivity contribution in [2.24, 2.45) is 11.8 Å². The maximum absolute atomic E-state index is 12.5. The Labute approximate surface area is 102 Å². The molecule has 2 rings (SSSR count). The summed E-state index contributed by atoms with van der Waals surface area (Å²) in [6, 6.07) is -3.56. The van der Waals surface area contributed by atoms with Crippen molar-refractivity contribution < 1.29 is 41.0 Å². The molecule has 1 aliphatic heterocycles. The molecule has 1 saturated heterocycles. The van der Waals surface area contributed by atoms with Crippen LogP contribution in [-0.4, -0.2) is 46.3 Å². The van der Waals surface area contributed by atoms with Crippen molar-refractivity contribution in [1.82, 2.24) is 4.90 Å². The molecule has 0 bridgehead atoms. The molecule has 1 amide bonds. The first-order chi connectivity index (χ1) is 8.46. The number of carbonyl (C=O) groups excluding carboxylic acids is 1. The molecule has 0 unspecified atom stereocenters. The molecule has 4 nitrogen and oxygen atoms in total. The average molecular weight is 291 g/mol. The van der Waals surface area contributed by atoms with Gasteiger partial charge >= 0.3 is 24.2 Å². The van der Waals surface area contributed by atoms with Gasteiger partial charge in [0.15, 0.2) is 0 Å². The van der Waals surface area contributed by atoms with E-state index in [9.17, 15) is 35.9 Å². The third-order valence-electron chi connectivity index (χ3n) is 3.42. The summed E-state index contributed by atoms with van der Waals surface area (Å²) in [7, 11) is 0. The number of amides is 1. The number of carbonyl (C=O) groups is 2. The highest BCUT2D eigenvalue weighted by molar-refractivity contribution is 5.88. The molecule has 1 N–H and O–H groups in total. The highest BCUT2D eigenvalue weighted by Gasteiger charge is 2.74. The van der Waals surface area contributed by atoms with Crippen molar-refractivity contribution in [2.45, 2.75) is 30.9 Å². The van der Waals surface area contributed by atoms with Crippen LogP contribution >= 0.6 is 0 Å². The van der Waals surface area contributed by atoms with Gasteiger partial charge in [-0.05, 0) is 12.3 Å². The molecule has 0 spiro atoms. The monoisotopic (exact) mass is 291 g/mol. The Bertz CT molecular complexity index is 431. The van der Waals surface area contributed by atoms with E-state index < -0.39 is 54.6 Å². The summed E-state index contributed by atoms with van der Waals surface area (Å²) in [5.74, 6) is -7.58. The van der Waals surface area contributed by atoms with Gasteiger partial charge in [0.2, 0.25) is 0 Å². The number of rotatable bonds is 1. The zero-order chi connectivity index (χ0) is 14.7. The number of carboxylic acids is 1. The van der Waals surface area contributed by atoms with E-state index >= 15 is 0 Å². The number of piperidine rings is 1. The fraction of sp³-hybridized carbons (Fsp3) is 0.778. The SMILES string of the molecule is O=C(O)[C@@H]1C[C@@H]2[C@@H]([C@@H]2C(F)(F)F)N1C(=O)C(F)(F)F. The van der Waals surface area contributed by atoms with E-state index in [-0.39, 0.29) is 4.90 Å². The average Bonchev–Trinajstić information content (AvgIpc) is 2.79. The number of nitrogens with zero attached hydrogens (tertiary/aromatic N) is 1. The van der Waals surface area contributed by atoms with E-state index in [1.54, 1.807) is 0 Å². The van der Waals surface area contributed by atoms with E-state index in [1.165, 1.54) is 0 Å². The summed E-state index contributed by atoms with van der Waals surface area (Å²) < 4.78 is 74.2. The maximum atomic E-state index is 12.5. The normalized spacial score (nSPS) is 34.1. The predicted octanol–water partition coefficient (Wildman–Crippen LogP) is 1.41. The van der Waals surface area contributed by atoms with Gasteiger partial charge in [-0.1, -0.05) is 0 Å². The molecule has 0 aromatic rings. The van der Waals surface area contributed by atoms with Crippen LogP contribution in [0, 0.1) is 11.8 Å². The molecule has 0 aromatic carbocycles. The van der Waals surface area contributed by atoms with Crippen LogP contribution in [-0.2, 0) is 9.59 Å². The van der Waals surface area contributed by atoms with Crippen molar-refractivity contribution in [2.75, 3.05) is 0 Å². The van der Waals surface area contributed by atoms with Crippen LogP contribution < -0.4 is 0 Å². The van der Waals surface area contributed by atoms with E-state index in [0.717, 1.165) is 0 Å². The van der Waals surface area contributed by atoms with Gasteiger partial charge in [0, 0.05) is 6.04 Å².